The van der Waals surface area contributed by atoms with Crippen LogP contribution in [-0.4, -0.2) is 26.0 Å². The van der Waals surface area contributed by atoms with Crippen LogP contribution in [0, 0.1) is 0 Å². The lowest BCUT2D eigenvalue weighted by atomic mass is 10.3. The summed E-state index contributed by atoms with van der Waals surface area (Å²) < 4.78 is 9.54. The maximum atomic E-state index is 11.0. The average Bonchev–Trinajstić information content (AvgIpc) is 2.31. The van der Waals surface area contributed by atoms with Crippen molar-refractivity contribution in [3.8, 4) is 0 Å². The van der Waals surface area contributed by atoms with Crippen LogP contribution in [0.3, 0.4) is 0 Å². The lowest BCUT2D eigenvalue weighted by Crippen LogP contribution is -2.36. The van der Waals surface area contributed by atoms with Gasteiger partial charge in [0, 0.05) is 12.2 Å². The third-order valence-corrected chi connectivity index (χ3v) is 2.30. The zero-order chi connectivity index (χ0) is 12.0. The molecule has 0 aliphatic heterocycles. The average molecular weight is 223 g/mol. The molecule has 1 rings (SSSR count). The normalized spacial score (nSPS) is 11.7. The predicted molar refractivity (Wildman–Crippen MR) is 62.4 cm³/mol. The minimum Gasteiger partial charge on any atom is -0.438 e. The van der Waals surface area contributed by atoms with E-state index >= 15 is 0 Å². The first-order chi connectivity index (χ1) is 7.69. The Hall–Kier alpha value is -1.71. The fourth-order valence-corrected chi connectivity index (χ4v) is 1.52. The number of hydrogen-bond acceptors (Lipinski definition) is 4. The molecule has 88 valence electrons. The molecular weight excluding hydrogens is 206 g/mol. The Balaban J connectivity index is 2.71. The molecule has 1 aromatic rings. The van der Waals surface area contributed by atoms with E-state index in [-0.39, 0.29) is 6.23 Å². The smallest absolute Gasteiger partial charge is 0.438 e. The molecule has 1 unspecified atom stereocenters. The molecule has 0 spiro atoms. The molecule has 4 heteroatoms. The minimum absolute atomic E-state index is 0.347. The summed E-state index contributed by atoms with van der Waals surface area (Å²) in [5, 5.41) is 0. The molecule has 0 saturated carbocycles. The highest BCUT2D eigenvalue weighted by Crippen LogP contribution is 2.16. The van der Waals surface area contributed by atoms with E-state index in [0.717, 1.165) is 12.2 Å². The third-order valence-electron chi connectivity index (χ3n) is 2.30. The number of anilines is 1. The highest BCUT2D eigenvalue weighted by Gasteiger charge is 2.16. The van der Waals surface area contributed by atoms with E-state index in [1.807, 2.05) is 49.1 Å². The maximum absolute atomic E-state index is 11.0. The van der Waals surface area contributed by atoms with Gasteiger partial charge < -0.3 is 14.4 Å². The van der Waals surface area contributed by atoms with Crippen molar-refractivity contribution < 1.29 is 14.3 Å². The number of hydrogen-bond donors (Lipinski definition) is 0. The van der Waals surface area contributed by atoms with Gasteiger partial charge in [0.1, 0.15) is 0 Å². The standard InChI is InChI=1S/C12H17NO3/c1-4-13(10(2)16-12(14)15-3)11-8-6-5-7-9-11/h5-10H,4H2,1-3H3. The van der Waals surface area contributed by atoms with Crippen molar-refractivity contribution >= 4 is 11.8 Å². The summed E-state index contributed by atoms with van der Waals surface area (Å²) in [7, 11) is 1.30. The summed E-state index contributed by atoms with van der Waals surface area (Å²) in [5.74, 6) is 0. The lowest BCUT2D eigenvalue weighted by molar-refractivity contribution is 0.0425. The second kappa shape index (κ2) is 6.00. The first-order valence-corrected chi connectivity index (χ1v) is 5.25. The van der Waals surface area contributed by atoms with Crippen LogP contribution in [0.15, 0.2) is 30.3 Å². The van der Waals surface area contributed by atoms with Crippen LogP contribution in [0.4, 0.5) is 10.5 Å². The SMILES string of the molecule is CCN(c1ccccc1)C(C)OC(=O)OC. The van der Waals surface area contributed by atoms with Crippen molar-refractivity contribution in [2.24, 2.45) is 0 Å². The summed E-state index contributed by atoms with van der Waals surface area (Å²) in [6.07, 6.45) is -1.01. The number of para-hydroxylation sites is 1. The molecule has 0 aliphatic rings. The second-order valence-corrected chi connectivity index (χ2v) is 3.29. The van der Waals surface area contributed by atoms with Gasteiger partial charge in [0.05, 0.1) is 7.11 Å². The molecular formula is C12H17NO3. The van der Waals surface area contributed by atoms with Gasteiger partial charge >= 0.3 is 6.16 Å². The van der Waals surface area contributed by atoms with Crippen LogP contribution in [0.1, 0.15) is 13.8 Å². The predicted octanol–water partition coefficient (Wildman–Crippen LogP) is 2.64. The number of benzene rings is 1. The fraction of sp³-hybridized carbons (Fsp3) is 0.417. The second-order valence-electron chi connectivity index (χ2n) is 3.29. The molecule has 16 heavy (non-hydrogen) atoms. The first kappa shape index (κ1) is 12.4. The Kier molecular flexibility index (Phi) is 4.64. The van der Waals surface area contributed by atoms with Crippen molar-refractivity contribution in [2.75, 3.05) is 18.6 Å². The summed E-state index contributed by atoms with van der Waals surface area (Å²) in [5.41, 5.74) is 1.02. The van der Waals surface area contributed by atoms with Gasteiger partial charge in [0.25, 0.3) is 0 Å². The molecule has 0 aromatic heterocycles. The van der Waals surface area contributed by atoms with Crippen molar-refractivity contribution in [2.45, 2.75) is 20.1 Å². The van der Waals surface area contributed by atoms with Crippen molar-refractivity contribution in [1.29, 1.82) is 0 Å². The summed E-state index contributed by atoms with van der Waals surface area (Å²) in [6, 6.07) is 9.79. The Bertz CT molecular complexity index is 326. The molecule has 0 heterocycles. The molecule has 0 amide bonds. The molecule has 4 nitrogen and oxygen atoms in total. The van der Waals surface area contributed by atoms with Crippen LogP contribution in [0.5, 0.6) is 0 Å². The molecule has 1 atom stereocenters. The van der Waals surface area contributed by atoms with Gasteiger partial charge in [-0.1, -0.05) is 18.2 Å². The topological polar surface area (TPSA) is 38.8 Å². The van der Waals surface area contributed by atoms with Gasteiger partial charge in [0.15, 0.2) is 6.23 Å². The Morgan fingerprint density at radius 2 is 2.00 bits per heavy atom. The number of nitrogens with zero attached hydrogens (tertiary/aromatic N) is 1. The van der Waals surface area contributed by atoms with Crippen LogP contribution in [0.2, 0.25) is 0 Å². The molecule has 0 aliphatic carbocycles. The molecule has 0 N–H and O–H groups in total. The maximum Gasteiger partial charge on any atom is 0.509 e. The van der Waals surface area contributed by atoms with E-state index in [1.165, 1.54) is 7.11 Å². The molecule has 1 aromatic carbocycles. The van der Waals surface area contributed by atoms with Crippen LogP contribution < -0.4 is 4.90 Å². The van der Waals surface area contributed by atoms with Gasteiger partial charge in [-0.3, -0.25) is 0 Å². The Morgan fingerprint density at radius 3 is 2.50 bits per heavy atom. The number of carbonyl (C=O) groups excluding carboxylic acids is 1. The van der Waals surface area contributed by atoms with Crippen LogP contribution >= 0.6 is 0 Å². The Morgan fingerprint density at radius 1 is 1.38 bits per heavy atom. The zero-order valence-electron chi connectivity index (χ0n) is 9.84. The van der Waals surface area contributed by atoms with Crippen LogP contribution in [0.25, 0.3) is 0 Å². The fourth-order valence-electron chi connectivity index (χ4n) is 1.52. The summed E-state index contributed by atoms with van der Waals surface area (Å²) >= 11 is 0. The largest absolute Gasteiger partial charge is 0.509 e. The number of carbonyl (C=O) groups is 1. The van der Waals surface area contributed by atoms with E-state index in [0.29, 0.717) is 0 Å². The van der Waals surface area contributed by atoms with Crippen molar-refractivity contribution in [3.63, 3.8) is 0 Å². The molecule has 0 saturated heterocycles. The van der Waals surface area contributed by atoms with Gasteiger partial charge in [-0.2, -0.15) is 0 Å². The molecule has 0 bridgehead atoms. The van der Waals surface area contributed by atoms with Gasteiger partial charge in [0.2, 0.25) is 0 Å². The van der Waals surface area contributed by atoms with E-state index in [2.05, 4.69) is 4.74 Å². The van der Waals surface area contributed by atoms with Crippen LogP contribution in [-0.2, 0) is 9.47 Å². The number of methoxy groups -OCH3 is 1. The highest BCUT2D eigenvalue weighted by molar-refractivity contribution is 5.60. The number of ether oxygens (including phenoxy) is 2. The van der Waals surface area contributed by atoms with E-state index in [9.17, 15) is 4.79 Å². The van der Waals surface area contributed by atoms with E-state index in [4.69, 9.17) is 4.74 Å². The number of rotatable bonds is 4. The quantitative estimate of drug-likeness (QED) is 0.581. The Labute approximate surface area is 95.8 Å². The summed E-state index contributed by atoms with van der Waals surface area (Å²) in [4.78, 5) is 13.0. The minimum atomic E-state index is -0.665. The lowest BCUT2D eigenvalue weighted by Gasteiger charge is -2.28. The molecule has 0 radical (unpaired) electrons. The van der Waals surface area contributed by atoms with Gasteiger partial charge in [-0.15, -0.1) is 0 Å². The van der Waals surface area contributed by atoms with Crippen molar-refractivity contribution in [3.05, 3.63) is 30.3 Å². The van der Waals surface area contributed by atoms with E-state index in [1.54, 1.807) is 0 Å². The monoisotopic (exact) mass is 223 g/mol. The van der Waals surface area contributed by atoms with Crippen molar-refractivity contribution in [1.82, 2.24) is 0 Å². The van der Waals surface area contributed by atoms with E-state index < -0.39 is 6.16 Å². The first-order valence-electron chi connectivity index (χ1n) is 5.25. The highest BCUT2D eigenvalue weighted by atomic mass is 16.7. The third kappa shape index (κ3) is 3.15. The van der Waals surface area contributed by atoms with Gasteiger partial charge in [-0.05, 0) is 26.0 Å². The zero-order valence-corrected chi connectivity index (χ0v) is 9.84. The summed E-state index contributed by atoms with van der Waals surface area (Å²) in [6.45, 7) is 4.57. The van der Waals surface area contributed by atoms with Gasteiger partial charge in [-0.25, -0.2) is 4.79 Å². The molecule has 0 fully saturated rings.